The predicted molar refractivity (Wildman–Crippen MR) is 62.0 cm³/mol. The van der Waals surface area contributed by atoms with Crippen molar-refractivity contribution in [3.63, 3.8) is 0 Å². The molecule has 0 aliphatic carbocycles. The van der Waals surface area contributed by atoms with Gasteiger partial charge in [-0.1, -0.05) is 23.7 Å². The lowest BCUT2D eigenvalue weighted by molar-refractivity contribution is 1.48. The van der Waals surface area contributed by atoms with Crippen LogP contribution in [-0.2, 0) is 0 Å². The van der Waals surface area contributed by atoms with Gasteiger partial charge >= 0.3 is 0 Å². The molecule has 13 heavy (non-hydrogen) atoms. The van der Waals surface area contributed by atoms with E-state index in [0.717, 1.165) is 20.4 Å². The Morgan fingerprint density at radius 1 is 1.15 bits per heavy atom. The Morgan fingerprint density at radius 2 is 2.00 bits per heavy atom. The van der Waals surface area contributed by atoms with Gasteiger partial charge in [0.05, 0.1) is 5.02 Å². The third-order valence-corrected chi connectivity index (χ3v) is 3.33. The molecule has 2 aromatic rings. The number of halogens is 1. The minimum atomic E-state index is 0.759. The summed E-state index contributed by atoms with van der Waals surface area (Å²) in [6.07, 6.45) is 0. The quantitative estimate of drug-likeness (QED) is 0.687. The molecule has 0 saturated carbocycles. The highest BCUT2D eigenvalue weighted by Crippen LogP contribution is 2.35. The van der Waals surface area contributed by atoms with E-state index in [4.69, 9.17) is 11.6 Å². The first-order valence-corrected chi connectivity index (χ1v) is 5.51. The Labute approximate surface area is 91.6 Å². The van der Waals surface area contributed by atoms with Gasteiger partial charge in [0.15, 0.2) is 0 Å². The van der Waals surface area contributed by atoms with Gasteiger partial charge in [0.25, 0.3) is 0 Å². The van der Waals surface area contributed by atoms with E-state index < -0.39 is 0 Å². The second kappa shape index (κ2) is 3.74. The fourth-order valence-corrected chi connectivity index (χ4v) is 2.78. The third kappa shape index (κ3) is 1.75. The summed E-state index contributed by atoms with van der Waals surface area (Å²) in [5.41, 5.74) is 1.03. The maximum Gasteiger partial charge on any atom is 0.0503 e. The van der Waals surface area contributed by atoms with Crippen molar-refractivity contribution in [2.45, 2.75) is 4.90 Å². The molecule has 0 fully saturated rings. The molecular formula is C10H7ClS2. The first-order valence-electron chi connectivity index (χ1n) is 3.80. The molecule has 0 aliphatic rings. The first kappa shape index (κ1) is 9.13. The lowest BCUT2D eigenvalue weighted by atomic mass is 10.2. The van der Waals surface area contributed by atoms with Gasteiger partial charge in [-0.15, -0.1) is 24.0 Å². The number of thiophene rings is 1. The zero-order valence-electron chi connectivity index (χ0n) is 6.70. The summed E-state index contributed by atoms with van der Waals surface area (Å²) in [4.78, 5) is 2.09. The fourth-order valence-electron chi connectivity index (χ4n) is 1.18. The molecular weight excluding hydrogens is 220 g/mol. The average Bonchev–Trinajstić information content (AvgIpc) is 2.57. The van der Waals surface area contributed by atoms with Crippen LogP contribution in [0.5, 0.6) is 0 Å². The van der Waals surface area contributed by atoms with Gasteiger partial charge in [0.1, 0.15) is 0 Å². The van der Waals surface area contributed by atoms with Crippen molar-refractivity contribution < 1.29 is 0 Å². The van der Waals surface area contributed by atoms with E-state index in [1.54, 1.807) is 11.3 Å². The van der Waals surface area contributed by atoms with Gasteiger partial charge in [0.2, 0.25) is 0 Å². The van der Waals surface area contributed by atoms with E-state index in [-0.39, 0.29) is 0 Å². The zero-order chi connectivity index (χ0) is 9.26. The van der Waals surface area contributed by atoms with Crippen molar-refractivity contribution in [2.75, 3.05) is 0 Å². The summed E-state index contributed by atoms with van der Waals surface area (Å²) in [7, 11) is 0. The second-order valence-corrected chi connectivity index (χ2v) is 4.45. The first-order chi connectivity index (χ1) is 6.29. The van der Waals surface area contributed by atoms with Gasteiger partial charge in [0, 0.05) is 15.3 Å². The molecule has 2 rings (SSSR count). The summed E-state index contributed by atoms with van der Waals surface area (Å²) < 4.78 is 0. The van der Waals surface area contributed by atoms with Gasteiger partial charge < -0.3 is 0 Å². The second-order valence-electron chi connectivity index (χ2n) is 2.61. The Kier molecular flexibility index (Phi) is 2.63. The van der Waals surface area contributed by atoms with Crippen molar-refractivity contribution in [1.82, 2.24) is 0 Å². The van der Waals surface area contributed by atoms with E-state index in [2.05, 4.69) is 12.6 Å². The highest BCUT2D eigenvalue weighted by molar-refractivity contribution is 7.80. The lowest BCUT2D eigenvalue weighted by Crippen LogP contribution is -1.77. The van der Waals surface area contributed by atoms with Crippen LogP contribution in [0.2, 0.25) is 5.02 Å². The number of rotatable bonds is 1. The van der Waals surface area contributed by atoms with E-state index in [9.17, 15) is 0 Å². The van der Waals surface area contributed by atoms with E-state index in [1.165, 1.54) is 0 Å². The molecule has 1 heterocycles. The number of benzene rings is 1. The molecule has 0 aliphatic heterocycles. The highest BCUT2D eigenvalue weighted by Gasteiger charge is 2.06. The van der Waals surface area contributed by atoms with Gasteiger partial charge in [-0.05, 0) is 23.6 Å². The summed E-state index contributed by atoms with van der Waals surface area (Å²) in [6.45, 7) is 0. The topological polar surface area (TPSA) is 0 Å². The van der Waals surface area contributed by atoms with Crippen LogP contribution in [-0.4, -0.2) is 0 Å². The third-order valence-electron chi connectivity index (χ3n) is 1.76. The van der Waals surface area contributed by atoms with Gasteiger partial charge in [-0.3, -0.25) is 0 Å². The molecule has 1 aromatic carbocycles. The number of hydrogen-bond acceptors (Lipinski definition) is 2. The number of thiol groups is 1. The summed E-state index contributed by atoms with van der Waals surface area (Å²) >= 11 is 12.1. The lowest BCUT2D eigenvalue weighted by Gasteiger charge is -2.03. The molecule has 0 amide bonds. The van der Waals surface area contributed by atoms with Crippen LogP contribution >= 0.6 is 35.6 Å². The summed E-state index contributed by atoms with van der Waals surface area (Å²) in [5, 5.41) is 2.79. The SMILES string of the molecule is Sc1cccc(Cl)c1-c1cccs1. The minimum Gasteiger partial charge on any atom is -0.144 e. The summed E-state index contributed by atoms with van der Waals surface area (Å²) in [5.74, 6) is 0. The standard InChI is InChI=1S/C10H7ClS2/c11-7-3-1-4-8(12)10(7)9-5-2-6-13-9/h1-6,12H. The molecule has 0 unspecified atom stereocenters. The molecule has 0 N–H and O–H groups in total. The normalized spacial score (nSPS) is 10.3. The Hall–Kier alpha value is -0.440. The highest BCUT2D eigenvalue weighted by atomic mass is 35.5. The van der Waals surface area contributed by atoms with Crippen molar-refractivity contribution in [3.8, 4) is 10.4 Å². The Balaban J connectivity index is 2.64. The van der Waals surface area contributed by atoms with Crippen molar-refractivity contribution >= 4 is 35.6 Å². The molecule has 0 atom stereocenters. The fraction of sp³-hybridized carbons (Fsp3) is 0. The molecule has 0 nitrogen and oxygen atoms in total. The molecule has 66 valence electrons. The smallest absolute Gasteiger partial charge is 0.0503 e. The maximum absolute atomic E-state index is 6.08. The maximum atomic E-state index is 6.08. The predicted octanol–water partition coefficient (Wildman–Crippen LogP) is 4.36. The van der Waals surface area contributed by atoms with E-state index >= 15 is 0 Å². The largest absolute Gasteiger partial charge is 0.144 e. The molecule has 0 saturated heterocycles. The zero-order valence-corrected chi connectivity index (χ0v) is 9.16. The van der Waals surface area contributed by atoms with Crippen LogP contribution in [0.1, 0.15) is 0 Å². The molecule has 0 spiro atoms. The Bertz CT molecular complexity index is 387. The van der Waals surface area contributed by atoms with Crippen molar-refractivity contribution in [2.24, 2.45) is 0 Å². The van der Waals surface area contributed by atoms with E-state index in [1.807, 2.05) is 35.7 Å². The van der Waals surface area contributed by atoms with Crippen LogP contribution in [0, 0.1) is 0 Å². The minimum absolute atomic E-state index is 0.759. The van der Waals surface area contributed by atoms with Crippen LogP contribution in [0.25, 0.3) is 10.4 Å². The van der Waals surface area contributed by atoms with Crippen LogP contribution in [0.15, 0.2) is 40.6 Å². The number of hydrogen-bond donors (Lipinski definition) is 1. The van der Waals surface area contributed by atoms with Crippen LogP contribution < -0.4 is 0 Å². The molecule has 0 bridgehead atoms. The molecule has 3 heteroatoms. The van der Waals surface area contributed by atoms with Gasteiger partial charge in [-0.2, -0.15) is 0 Å². The van der Waals surface area contributed by atoms with Crippen LogP contribution in [0.4, 0.5) is 0 Å². The molecule has 0 radical (unpaired) electrons. The Morgan fingerprint density at radius 3 is 2.62 bits per heavy atom. The molecule has 1 aromatic heterocycles. The van der Waals surface area contributed by atoms with Gasteiger partial charge in [-0.25, -0.2) is 0 Å². The van der Waals surface area contributed by atoms with Crippen LogP contribution in [0.3, 0.4) is 0 Å². The van der Waals surface area contributed by atoms with Crippen molar-refractivity contribution in [1.29, 1.82) is 0 Å². The monoisotopic (exact) mass is 226 g/mol. The van der Waals surface area contributed by atoms with Crippen molar-refractivity contribution in [3.05, 3.63) is 40.7 Å². The summed E-state index contributed by atoms with van der Waals surface area (Å²) in [6, 6.07) is 9.80. The average molecular weight is 227 g/mol. The van der Waals surface area contributed by atoms with E-state index in [0.29, 0.717) is 0 Å².